The molecule has 1 aliphatic rings. The molecule has 0 saturated carbocycles. The lowest BCUT2D eigenvalue weighted by atomic mass is 10.1. The molecule has 2 N–H and O–H groups in total. The van der Waals surface area contributed by atoms with Gasteiger partial charge in [-0.15, -0.1) is 0 Å². The van der Waals surface area contributed by atoms with Crippen molar-refractivity contribution in [3.05, 3.63) is 35.1 Å². The molecule has 0 radical (unpaired) electrons. The van der Waals surface area contributed by atoms with E-state index in [0.717, 1.165) is 12.1 Å². The van der Waals surface area contributed by atoms with Gasteiger partial charge in [0.1, 0.15) is 6.61 Å². The number of halogens is 3. The summed E-state index contributed by atoms with van der Waals surface area (Å²) < 4.78 is 44.3. The Kier molecular flexibility index (Phi) is 5.97. The molecular formula is C15H19F3N2O3. The number of aliphatic hydroxyl groups is 1. The Morgan fingerprint density at radius 3 is 2.61 bits per heavy atom. The van der Waals surface area contributed by atoms with Crippen LogP contribution in [0.4, 0.5) is 13.2 Å². The van der Waals surface area contributed by atoms with Crippen LogP contribution in [0.5, 0.6) is 0 Å². The van der Waals surface area contributed by atoms with Gasteiger partial charge in [-0.05, 0) is 24.1 Å². The predicted molar refractivity (Wildman–Crippen MR) is 76.0 cm³/mol. The highest BCUT2D eigenvalue weighted by molar-refractivity contribution is 5.77. The van der Waals surface area contributed by atoms with Crippen LogP contribution in [0.1, 0.15) is 12.0 Å². The van der Waals surface area contributed by atoms with Crippen molar-refractivity contribution in [2.24, 2.45) is 0 Å². The van der Waals surface area contributed by atoms with Gasteiger partial charge >= 0.3 is 0 Å². The van der Waals surface area contributed by atoms with Gasteiger partial charge in [0.15, 0.2) is 17.5 Å². The zero-order valence-corrected chi connectivity index (χ0v) is 12.7. The summed E-state index contributed by atoms with van der Waals surface area (Å²) in [6.45, 7) is 0.356. The van der Waals surface area contributed by atoms with Gasteiger partial charge in [-0.2, -0.15) is 0 Å². The average Bonchev–Trinajstić information content (AvgIpc) is 2.86. The number of ether oxygens (including phenoxy) is 1. The number of aliphatic hydroxyl groups excluding tert-OH is 1. The SMILES string of the molecule is COCC(=O)N[C@H]1C[C@@H](CO)N(Cc2cc(F)c(F)c(F)c2)C1. The summed E-state index contributed by atoms with van der Waals surface area (Å²) >= 11 is 0. The van der Waals surface area contributed by atoms with E-state index in [1.54, 1.807) is 4.90 Å². The van der Waals surface area contributed by atoms with E-state index in [1.165, 1.54) is 7.11 Å². The lowest BCUT2D eigenvalue weighted by Crippen LogP contribution is -2.38. The zero-order chi connectivity index (χ0) is 17.0. The van der Waals surface area contributed by atoms with Crippen LogP contribution in [0.25, 0.3) is 0 Å². The van der Waals surface area contributed by atoms with E-state index in [9.17, 15) is 23.1 Å². The molecule has 128 valence electrons. The quantitative estimate of drug-likeness (QED) is 0.757. The summed E-state index contributed by atoms with van der Waals surface area (Å²) in [5.41, 5.74) is 0.267. The molecule has 2 atom stereocenters. The first-order chi connectivity index (χ1) is 10.9. The molecule has 23 heavy (non-hydrogen) atoms. The molecule has 1 aromatic carbocycles. The normalized spacial score (nSPS) is 21.6. The van der Waals surface area contributed by atoms with Crippen LogP contribution in [-0.4, -0.2) is 54.9 Å². The minimum Gasteiger partial charge on any atom is -0.395 e. The van der Waals surface area contributed by atoms with E-state index >= 15 is 0 Å². The second-order valence-corrected chi connectivity index (χ2v) is 5.57. The fourth-order valence-electron chi connectivity index (χ4n) is 2.81. The number of rotatable bonds is 6. The number of benzene rings is 1. The molecule has 0 unspecified atom stereocenters. The third kappa shape index (κ3) is 4.43. The minimum atomic E-state index is -1.50. The fourth-order valence-corrected chi connectivity index (χ4v) is 2.81. The Balaban J connectivity index is 2.02. The van der Waals surface area contributed by atoms with Crippen molar-refractivity contribution in [2.75, 3.05) is 26.9 Å². The zero-order valence-electron chi connectivity index (χ0n) is 12.7. The summed E-state index contributed by atoms with van der Waals surface area (Å²) in [6, 6.07) is 1.43. The highest BCUT2D eigenvalue weighted by Crippen LogP contribution is 2.22. The number of carbonyl (C=O) groups excluding carboxylic acids is 1. The molecular weight excluding hydrogens is 313 g/mol. The van der Waals surface area contributed by atoms with Crippen molar-refractivity contribution in [3.63, 3.8) is 0 Å². The van der Waals surface area contributed by atoms with Crippen LogP contribution in [-0.2, 0) is 16.1 Å². The maximum Gasteiger partial charge on any atom is 0.246 e. The molecule has 8 heteroatoms. The van der Waals surface area contributed by atoms with Crippen molar-refractivity contribution in [1.82, 2.24) is 10.2 Å². The molecule has 1 aromatic rings. The van der Waals surface area contributed by atoms with Crippen LogP contribution < -0.4 is 5.32 Å². The maximum absolute atomic E-state index is 13.3. The van der Waals surface area contributed by atoms with Crippen LogP contribution in [0.3, 0.4) is 0 Å². The summed E-state index contributed by atoms with van der Waals surface area (Å²) in [6.07, 6.45) is 0.512. The van der Waals surface area contributed by atoms with Crippen LogP contribution >= 0.6 is 0 Å². The topological polar surface area (TPSA) is 61.8 Å². The summed E-state index contributed by atoms with van der Waals surface area (Å²) in [7, 11) is 1.41. The number of methoxy groups -OCH3 is 1. The van der Waals surface area contributed by atoms with E-state index in [1.807, 2.05) is 0 Å². The summed E-state index contributed by atoms with van der Waals surface area (Å²) in [5, 5.41) is 12.2. The standard InChI is InChI=1S/C15H19F3N2O3/c1-23-8-14(22)19-10-4-11(7-21)20(6-10)5-9-2-12(16)15(18)13(17)3-9/h2-3,10-11,21H,4-8H2,1H3,(H,19,22)/t10-,11-/m0/s1. The molecule has 1 fully saturated rings. The maximum atomic E-state index is 13.3. The molecule has 1 amide bonds. The molecule has 5 nitrogen and oxygen atoms in total. The van der Waals surface area contributed by atoms with Crippen LogP contribution in [0, 0.1) is 17.5 Å². The fraction of sp³-hybridized carbons (Fsp3) is 0.533. The number of hydrogen-bond acceptors (Lipinski definition) is 4. The monoisotopic (exact) mass is 332 g/mol. The van der Waals surface area contributed by atoms with Crippen molar-refractivity contribution >= 4 is 5.91 Å². The molecule has 1 heterocycles. The van der Waals surface area contributed by atoms with E-state index < -0.39 is 17.5 Å². The molecule has 0 aliphatic carbocycles. The van der Waals surface area contributed by atoms with E-state index in [-0.39, 0.29) is 43.3 Å². The van der Waals surface area contributed by atoms with Crippen molar-refractivity contribution in [3.8, 4) is 0 Å². The predicted octanol–water partition coefficient (Wildman–Crippen LogP) is 0.802. The van der Waals surface area contributed by atoms with Gasteiger partial charge in [0.05, 0.1) is 6.61 Å². The smallest absolute Gasteiger partial charge is 0.246 e. The Hall–Kier alpha value is -1.64. The van der Waals surface area contributed by atoms with Gasteiger partial charge in [-0.25, -0.2) is 13.2 Å². The molecule has 1 saturated heterocycles. The third-order valence-corrected chi connectivity index (χ3v) is 3.81. The lowest BCUT2D eigenvalue weighted by molar-refractivity contribution is -0.125. The average molecular weight is 332 g/mol. The minimum absolute atomic E-state index is 0.0608. The number of nitrogens with zero attached hydrogens (tertiary/aromatic N) is 1. The van der Waals surface area contributed by atoms with Crippen molar-refractivity contribution < 1.29 is 27.8 Å². The first kappa shape index (κ1) is 17.7. The second kappa shape index (κ2) is 7.76. The first-order valence-corrected chi connectivity index (χ1v) is 7.21. The molecule has 1 aliphatic heterocycles. The van der Waals surface area contributed by atoms with E-state index in [4.69, 9.17) is 4.74 Å². The summed E-state index contributed by atoms with van der Waals surface area (Å²) in [4.78, 5) is 13.3. The van der Waals surface area contributed by atoms with Gasteiger partial charge in [0, 0.05) is 32.3 Å². The first-order valence-electron chi connectivity index (χ1n) is 7.21. The number of likely N-dealkylation sites (tertiary alicyclic amines) is 1. The van der Waals surface area contributed by atoms with Gasteiger partial charge in [-0.3, -0.25) is 9.69 Å². The Morgan fingerprint density at radius 2 is 2.04 bits per heavy atom. The molecule has 2 rings (SSSR count). The Labute approximate surface area is 132 Å². The Bertz CT molecular complexity index is 548. The van der Waals surface area contributed by atoms with Gasteiger partial charge < -0.3 is 15.2 Å². The highest BCUT2D eigenvalue weighted by atomic mass is 19.2. The number of nitrogens with one attached hydrogen (secondary N) is 1. The van der Waals surface area contributed by atoms with E-state index in [0.29, 0.717) is 13.0 Å². The second-order valence-electron chi connectivity index (χ2n) is 5.57. The summed E-state index contributed by atoms with van der Waals surface area (Å²) in [5.74, 6) is -4.26. The molecule has 0 aromatic heterocycles. The lowest BCUT2D eigenvalue weighted by Gasteiger charge is -2.22. The number of hydrogen-bond donors (Lipinski definition) is 2. The number of amides is 1. The highest BCUT2D eigenvalue weighted by Gasteiger charge is 2.32. The Morgan fingerprint density at radius 1 is 1.39 bits per heavy atom. The van der Waals surface area contributed by atoms with E-state index in [2.05, 4.69) is 5.32 Å². The van der Waals surface area contributed by atoms with Crippen LogP contribution in [0.2, 0.25) is 0 Å². The van der Waals surface area contributed by atoms with Gasteiger partial charge in [0.2, 0.25) is 5.91 Å². The third-order valence-electron chi connectivity index (χ3n) is 3.81. The van der Waals surface area contributed by atoms with Crippen molar-refractivity contribution in [2.45, 2.75) is 25.0 Å². The van der Waals surface area contributed by atoms with Gasteiger partial charge in [-0.1, -0.05) is 0 Å². The molecule has 0 spiro atoms. The van der Waals surface area contributed by atoms with Crippen LogP contribution in [0.15, 0.2) is 12.1 Å². The van der Waals surface area contributed by atoms with Crippen molar-refractivity contribution in [1.29, 1.82) is 0 Å². The largest absolute Gasteiger partial charge is 0.395 e. The molecule has 0 bridgehead atoms. The number of carbonyl (C=O) groups is 1. The van der Waals surface area contributed by atoms with Gasteiger partial charge in [0.25, 0.3) is 0 Å².